The van der Waals surface area contributed by atoms with Crippen LogP contribution in [0.2, 0.25) is 0 Å². The molecule has 0 bridgehead atoms. The summed E-state index contributed by atoms with van der Waals surface area (Å²) in [7, 11) is 1.65. The molecule has 0 saturated heterocycles. The molecule has 0 saturated carbocycles. The van der Waals surface area contributed by atoms with Crippen molar-refractivity contribution in [1.29, 1.82) is 0 Å². The fraction of sp³-hybridized carbons (Fsp3) is 0.500. The second-order valence-electron chi connectivity index (χ2n) is 4.97. The standard InChI is InChI=1S/C16H24N2O2S/c1-4-18(5-2)15(19)12-17(3)16(20)14(21)11-13-9-7-6-8-10-13/h6-10,14,21H,4-5,11-12H2,1-3H3. The summed E-state index contributed by atoms with van der Waals surface area (Å²) in [4.78, 5) is 27.4. The zero-order valence-corrected chi connectivity index (χ0v) is 13.8. The van der Waals surface area contributed by atoms with Crippen LogP contribution in [0.3, 0.4) is 0 Å². The Morgan fingerprint density at radius 2 is 1.71 bits per heavy atom. The van der Waals surface area contributed by atoms with E-state index in [0.717, 1.165) is 5.56 Å². The molecule has 1 aromatic carbocycles. The molecule has 0 aromatic heterocycles. The molecule has 116 valence electrons. The van der Waals surface area contributed by atoms with Gasteiger partial charge >= 0.3 is 0 Å². The van der Waals surface area contributed by atoms with Gasteiger partial charge in [-0.15, -0.1) is 0 Å². The fourth-order valence-corrected chi connectivity index (χ4v) is 2.54. The molecule has 1 rings (SSSR count). The second kappa shape index (κ2) is 8.72. The Labute approximate surface area is 132 Å². The highest BCUT2D eigenvalue weighted by Gasteiger charge is 2.22. The van der Waals surface area contributed by atoms with Gasteiger partial charge in [-0.3, -0.25) is 9.59 Å². The van der Waals surface area contributed by atoms with E-state index in [1.54, 1.807) is 11.9 Å². The number of carbonyl (C=O) groups is 2. The second-order valence-corrected chi connectivity index (χ2v) is 5.59. The summed E-state index contributed by atoms with van der Waals surface area (Å²) >= 11 is 4.38. The van der Waals surface area contributed by atoms with E-state index < -0.39 is 5.25 Å². The van der Waals surface area contributed by atoms with Crippen molar-refractivity contribution in [3.05, 3.63) is 35.9 Å². The van der Waals surface area contributed by atoms with Crippen LogP contribution in [0.15, 0.2) is 30.3 Å². The van der Waals surface area contributed by atoms with Gasteiger partial charge in [-0.25, -0.2) is 0 Å². The van der Waals surface area contributed by atoms with Crippen molar-refractivity contribution in [2.75, 3.05) is 26.7 Å². The van der Waals surface area contributed by atoms with E-state index in [4.69, 9.17) is 0 Å². The average molecular weight is 308 g/mol. The summed E-state index contributed by atoms with van der Waals surface area (Å²) in [5, 5.41) is -0.429. The topological polar surface area (TPSA) is 40.6 Å². The first-order chi connectivity index (χ1) is 9.99. The molecule has 0 fully saturated rings. The first-order valence-electron chi connectivity index (χ1n) is 7.24. The Bertz CT molecular complexity index is 461. The molecule has 21 heavy (non-hydrogen) atoms. The fourth-order valence-electron chi connectivity index (χ4n) is 2.14. The molecule has 2 amide bonds. The maximum absolute atomic E-state index is 12.3. The highest BCUT2D eigenvalue weighted by Crippen LogP contribution is 2.10. The molecule has 0 heterocycles. The van der Waals surface area contributed by atoms with Crippen LogP contribution < -0.4 is 0 Å². The molecule has 0 radical (unpaired) electrons. The highest BCUT2D eigenvalue weighted by atomic mass is 32.1. The zero-order valence-electron chi connectivity index (χ0n) is 13.0. The normalized spacial score (nSPS) is 11.8. The SMILES string of the molecule is CCN(CC)C(=O)CN(C)C(=O)C(S)Cc1ccccc1. The molecule has 1 unspecified atom stereocenters. The first-order valence-corrected chi connectivity index (χ1v) is 7.75. The van der Waals surface area contributed by atoms with Gasteiger partial charge < -0.3 is 9.80 Å². The van der Waals surface area contributed by atoms with E-state index in [1.807, 2.05) is 44.2 Å². The first kappa shape index (κ1) is 17.6. The quantitative estimate of drug-likeness (QED) is 0.781. The smallest absolute Gasteiger partial charge is 0.242 e. The number of likely N-dealkylation sites (N-methyl/N-ethyl adjacent to an activating group) is 2. The monoisotopic (exact) mass is 308 g/mol. The van der Waals surface area contributed by atoms with Gasteiger partial charge in [0.05, 0.1) is 11.8 Å². The van der Waals surface area contributed by atoms with Crippen LogP contribution in [0.1, 0.15) is 19.4 Å². The summed E-state index contributed by atoms with van der Waals surface area (Å²) in [6.45, 7) is 5.28. The molecular formula is C16H24N2O2S. The van der Waals surface area contributed by atoms with Crippen LogP contribution in [0, 0.1) is 0 Å². The maximum atomic E-state index is 12.3. The lowest BCUT2D eigenvalue weighted by Gasteiger charge is -2.25. The van der Waals surface area contributed by atoms with Gasteiger partial charge in [-0.2, -0.15) is 12.6 Å². The lowest BCUT2D eigenvalue weighted by molar-refractivity contribution is -0.138. The van der Waals surface area contributed by atoms with Crippen molar-refractivity contribution in [3.8, 4) is 0 Å². The van der Waals surface area contributed by atoms with E-state index >= 15 is 0 Å². The van der Waals surface area contributed by atoms with Crippen molar-refractivity contribution < 1.29 is 9.59 Å². The molecule has 5 heteroatoms. The van der Waals surface area contributed by atoms with Crippen LogP contribution >= 0.6 is 12.6 Å². The summed E-state index contributed by atoms with van der Waals surface area (Å²) in [5.74, 6) is -0.154. The van der Waals surface area contributed by atoms with Crippen LogP contribution in [-0.2, 0) is 16.0 Å². The Kier molecular flexibility index (Phi) is 7.29. The van der Waals surface area contributed by atoms with Crippen molar-refractivity contribution in [2.24, 2.45) is 0 Å². The lowest BCUT2D eigenvalue weighted by atomic mass is 10.1. The molecule has 0 N–H and O–H groups in total. The summed E-state index contributed by atoms with van der Waals surface area (Å²) in [5.41, 5.74) is 1.06. The minimum absolute atomic E-state index is 0.0314. The summed E-state index contributed by atoms with van der Waals surface area (Å²) in [6, 6.07) is 9.75. The minimum Gasteiger partial charge on any atom is -0.342 e. The largest absolute Gasteiger partial charge is 0.342 e. The van der Waals surface area contributed by atoms with Crippen molar-refractivity contribution in [1.82, 2.24) is 9.80 Å². The molecule has 0 aliphatic carbocycles. The predicted octanol–water partition coefficient (Wildman–Crippen LogP) is 1.85. The predicted molar refractivity (Wildman–Crippen MR) is 88.5 cm³/mol. The number of nitrogens with zero attached hydrogens (tertiary/aromatic N) is 2. The van der Waals surface area contributed by atoms with E-state index in [0.29, 0.717) is 19.5 Å². The van der Waals surface area contributed by atoms with Crippen LogP contribution in [0.4, 0.5) is 0 Å². The Morgan fingerprint density at radius 3 is 2.24 bits per heavy atom. The van der Waals surface area contributed by atoms with Crippen molar-refractivity contribution >= 4 is 24.4 Å². The van der Waals surface area contributed by atoms with Gasteiger partial charge in [0.2, 0.25) is 11.8 Å². The third-order valence-electron chi connectivity index (χ3n) is 3.42. The highest BCUT2D eigenvalue weighted by molar-refractivity contribution is 7.81. The van der Waals surface area contributed by atoms with E-state index in [1.165, 1.54) is 4.90 Å². The van der Waals surface area contributed by atoms with Crippen LogP contribution in [-0.4, -0.2) is 53.5 Å². The number of benzene rings is 1. The summed E-state index contributed by atoms with van der Waals surface area (Å²) < 4.78 is 0. The van der Waals surface area contributed by atoms with Gasteiger partial charge in [0.15, 0.2) is 0 Å². The molecule has 0 aliphatic heterocycles. The zero-order chi connectivity index (χ0) is 15.8. The molecular weight excluding hydrogens is 284 g/mol. The number of hydrogen-bond donors (Lipinski definition) is 1. The van der Waals surface area contributed by atoms with E-state index in [-0.39, 0.29) is 18.4 Å². The molecule has 1 aromatic rings. The van der Waals surface area contributed by atoms with Gasteiger partial charge in [0, 0.05) is 20.1 Å². The number of rotatable bonds is 7. The van der Waals surface area contributed by atoms with Gasteiger partial charge in [0.25, 0.3) is 0 Å². The summed E-state index contributed by atoms with van der Waals surface area (Å²) in [6.07, 6.45) is 0.562. The number of thiol groups is 1. The Balaban J connectivity index is 2.55. The van der Waals surface area contributed by atoms with E-state index in [9.17, 15) is 9.59 Å². The minimum atomic E-state index is -0.429. The van der Waals surface area contributed by atoms with Crippen LogP contribution in [0.5, 0.6) is 0 Å². The average Bonchev–Trinajstić information content (AvgIpc) is 2.48. The lowest BCUT2D eigenvalue weighted by Crippen LogP contribution is -2.43. The van der Waals surface area contributed by atoms with E-state index in [2.05, 4.69) is 12.6 Å². The van der Waals surface area contributed by atoms with Crippen molar-refractivity contribution in [3.63, 3.8) is 0 Å². The molecule has 0 aliphatic rings. The molecule has 1 atom stereocenters. The maximum Gasteiger partial charge on any atom is 0.242 e. The van der Waals surface area contributed by atoms with Gasteiger partial charge in [-0.1, -0.05) is 30.3 Å². The molecule has 0 spiro atoms. The third kappa shape index (κ3) is 5.42. The van der Waals surface area contributed by atoms with Gasteiger partial charge in [0.1, 0.15) is 0 Å². The molecule has 4 nitrogen and oxygen atoms in total. The Morgan fingerprint density at radius 1 is 1.14 bits per heavy atom. The van der Waals surface area contributed by atoms with Crippen LogP contribution in [0.25, 0.3) is 0 Å². The number of carbonyl (C=O) groups excluding carboxylic acids is 2. The van der Waals surface area contributed by atoms with Crippen molar-refractivity contribution in [2.45, 2.75) is 25.5 Å². The van der Waals surface area contributed by atoms with Gasteiger partial charge in [-0.05, 0) is 25.8 Å². The number of amides is 2. The number of hydrogen-bond acceptors (Lipinski definition) is 3. The third-order valence-corrected chi connectivity index (χ3v) is 3.83. The Hall–Kier alpha value is -1.49.